The van der Waals surface area contributed by atoms with E-state index in [4.69, 9.17) is 26.7 Å². The topological polar surface area (TPSA) is 224 Å². The van der Waals surface area contributed by atoms with Crippen molar-refractivity contribution in [3.63, 3.8) is 0 Å². The van der Waals surface area contributed by atoms with Crippen LogP contribution in [-0.2, 0) is 22.6 Å². The Hall–Kier alpha value is -2.56. The first-order chi connectivity index (χ1) is 18.5. The van der Waals surface area contributed by atoms with Crippen LogP contribution in [0.15, 0.2) is 54.6 Å². The molecule has 0 spiro atoms. The average Bonchev–Trinajstić information content (AvgIpc) is 2.91. The number of aliphatic hydroxyl groups excluding tert-OH is 4. The SMILES string of the molecule is N[C@H]1[C@@H](O[C@H]2[C@H](O)[C@@H](O)[C@H](N)C[C@@H]2N)O[C@H](CN(Cc2ccccc2)Cc2ccc([N+](=O)[O-])cc2)[C@@H](O)[C@@H]1O. The van der Waals surface area contributed by atoms with Crippen LogP contribution in [0.5, 0.6) is 0 Å². The summed E-state index contributed by atoms with van der Waals surface area (Å²) in [6.45, 7) is 0.960. The fourth-order valence-corrected chi connectivity index (χ4v) is 5.11. The molecule has 0 unspecified atom stereocenters. The first kappa shape index (κ1) is 29.4. The van der Waals surface area contributed by atoms with Crippen molar-refractivity contribution in [3.05, 3.63) is 75.8 Å². The molecule has 1 saturated heterocycles. The second kappa shape index (κ2) is 12.7. The largest absolute Gasteiger partial charge is 0.389 e. The lowest BCUT2D eigenvalue weighted by Gasteiger charge is -2.46. The molecular weight excluding hydrogens is 510 g/mol. The summed E-state index contributed by atoms with van der Waals surface area (Å²) in [5.41, 5.74) is 19.8. The average molecular weight is 548 g/mol. The molecule has 1 aliphatic heterocycles. The van der Waals surface area contributed by atoms with Crippen molar-refractivity contribution in [3.8, 4) is 0 Å². The molecule has 39 heavy (non-hydrogen) atoms. The molecule has 0 amide bonds. The Morgan fingerprint density at radius 2 is 1.49 bits per heavy atom. The predicted octanol–water partition coefficient (Wildman–Crippen LogP) is -1.46. The molecule has 0 bridgehead atoms. The zero-order valence-electron chi connectivity index (χ0n) is 21.3. The molecule has 0 radical (unpaired) electrons. The Balaban J connectivity index is 1.51. The van der Waals surface area contributed by atoms with Crippen molar-refractivity contribution in [1.82, 2.24) is 4.90 Å². The second-order valence-corrected chi connectivity index (χ2v) is 10.3. The number of aliphatic hydroxyl groups is 4. The number of nitro groups is 1. The first-order valence-corrected chi connectivity index (χ1v) is 12.8. The number of hydrogen-bond acceptors (Lipinski definition) is 12. The summed E-state index contributed by atoms with van der Waals surface area (Å²) in [5, 5.41) is 53.3. The molecule has 4 rings (SSSR count). The van der Waals surface area contributed by atoms with Crippen LogP contribution in [-0.4, -0.2) is 97.8 Å². The summed E-state index contributed by atoms with van der Waals surface area (Å²) < 4.78 is 11.9. The van der Waals surface area contributed by atoms with Crippen molar-refractivity contribution >= 4 is 5.69 Å². The summed E-state index contributed by atoms with van der Waals surface area (Å²) in [5.74, 6) is 0. The Morgan fingerprint density at radius 1 is 0.872 bits per heavy atom. The van der Waals surface area contributed by atoms with E-state index in [-0.39, 0.29) is 18.7 Å². The van der Waals surface area contributed by atoms with Crippen molar-refractivity contribution < 1.29 is 34.8 Å². The van der Waals surface area contributed by atoms with E-state index >= 15 is 0 Å². The summed E-state index contributed by atoms with van der Waals surface area (Å²) >= 11 is 0. The number of nitrogens with two attached hydrogens (primary N) is 3. The lowest BCUT2D eigenvalue weighted by Crippen LogP contribution is -2.67. The smallest absolute Gasteiger partial charge is 0.269 e. The standard InChI is InChI=1S/C26H37N5O8/c27-17-10-18(28)25(24(35)21(17)32)39-26-20(29)23(34)22(33)19(38-26)13-30(11-14-4-2-1-3-5-14)12-15-6-8-16(9-7-15)31(36)37/h1-9,17-26,32-35H,10-13,27-29H2/t17-,18+,19-,20-,21+,22-,23-,24-,25-,26-/m1/s1. The van der Waals surface area contributed by atoms with E-state index in [1.54, 1.807) is 12.1 Å². The molecule has 1 saturated carbocycles. The van der Waals surface area contributed by atoms with Crippen LogP contribution in [0.2, 0.25) is 0 Å². The fraction of sp³-hybridized carbons (Fsp3) is 0.538. The van der Waals surface area contributed by atoms with Crippen molar-refractivity contribution in [2.75, 3.05) is 6.54 Å². The number of nitrogens with zero attached hydrogens (tertiary/aromatic N) is 2. The molecule has 2 aromatic rings. The first-order valence-electron chi connectivity index (χ1n) is 12.8. The van der Waals surface area contributed by atoms with Gasteiger partial charge in [0, 0.05) is 43.9 Å². The highest BCUT2D eigenvalue weighted by atomic mass is 16.7. The Bertz CT molecular complexity index is 1080. The fourth-order valence-electron chi connectivity index (χ4n) is 5.11. The van der Waals surface area contributed by atoms with Gasteiger partial charge in [0.25, 0.3) is 5.69 Å². The summed E-state index contributed by atoms with van der Waals surface area (Å²) in [7, 11) is 0. The summed E-state index contributed by atoms with van der Waals surface area (Å²) in [4.78, 5) is 12.5. The highest BCUT2D eigenvalue weighted by molar-refractivity contribution is 5.33. The molecular formula is C26H37N5O8. The zero-order chi connectivity index (χ0) is 28.3. The maximum absolute atomic E-state index is 11.0. The molecule has 2 fully saturated rings. The number of ether oxygens (including phenoxy) is 2. The Labute approximate surface area is 225 Å². The highest BCUT2D eigenvalue weighted by Crippen LogP contribution is 2.28. The number of nitro benzene ring substituents is 1. The second-order valence-electron chi connectivity index (χ2n) is 10.3. The van der Waals surface area contributed by atoms with E-state index in [9.17, 15) is 30.5 Å². The molecule has 13 heteroatoms. The molecule has 2 aliphatic rings. The van der Waals surface area contributed by atoms with Gasteiger partial charge in [-0.3, -0.25) is 15.0 Å². The minimum atomic E-state index is -1.41. The minimum Gasteiger partial charge on any atom is -0.389 e. The highest BCUT2D eigenvalue weighted by Gasteiger charge is 2.48. The van der Waals surface area contributed by atoms with Gasteiger partial charge < -0.3 is 47.1 Å². The third kappa shape index (κ3) is 6.96. The molecule has 214 valence electrons. The summed E-state index contributed by atoms with van der Waals surface area (Å²) in [6, 6.07) is 13.2. The van der Waals surface area contributed by atoms with Gasteiger partial charge in [-0.2, -0.15) is 0 Å². The van der Waals surface area contributed by atoms with Gasteiger partial charge in [-0.15, -0.1) is 0 Å². The van der Waals surface area contributed by atoms with Crippen LogP contribution in [0, 0.1) is 10.1 Å². The van der Waals surface area contributed by atoms with Crippen molar-refractivity contribution in [2.45, 2.75) is 80.5 Å². The van der Waals surface area contributed by atoms with E-state index in [0.29, 0.717) is 13.1 Å². The van der Waals surface area contributed by atoms with E-state index in [1.807, 2.05) is 35.2 Å². The third-order valence-electron chi connectivity index (χ3n) is 7.37. The minimum absolute atomic E-state index is 0.0225. The third-order valence-corrected chi connectivity index (χ3v) is 7.37. The lowest BCUT2D eigenvalue weighted by molar-refractivity contribution is -0.384. The Kier molecular flexibility index (Phi) is 9.61. The predicted molar refractivity (Wildman–Crippen MR) is 140 cm³/mol. The van der Waals surface area contributed by atoms with Crippen LogP contribution >= 0.6 is 0 Å². The molecule has 1 heterocycles. The molecule has 1 aliphatic carbocycles. The number of rotatable bonds is 9. The van der Waals surface area contributed by atoms with Crippen LogP contribution in [0.25, 0.3) is 0 Å². The maximum Gasteiger partial charge on any atom is 0.269 e. The van der Waals surface area contributed by atoms with Crippen LogP contribution in [0.3, 0.4) is 0 Å². The molecule has 13 nitrogen and oxygen atoms in total. The zero-order valence-corrected chi connectivity index (χ0v) is 21.3. The van der Waals surface area contributed by atoms with Gasteiger partial charge in [0.15, 0.2) is 6.29 Å². The molecule has 2 aromatic carbocycles. The lowest BCUT2D eigenvalue weighted by atomic mass is 9.84. The van der Waals surface area contributed by atoms with Gasteiger partial charge in [0.1, 0.15) is 30.5 Å². The van der Waals surface area contributed by atoms with E-state index < -0.39 is 66.0 Å². The molecule has 0 aromatic heterocycles. The quantitative estimate of drug-likeness (QED) is 0.141. The monoisotopic (exact) mass is 547 g/mol. The van der Waals surface area contributed by atoms with Gasteiger partial charge >= 0.3 is 0 Å². The normalized spacial score (nSPS) is 35.2. The van der Waals surface area contributed by atoms with E-state index in [1.165, 1.54) is 12.1 Å². The van der Waals surface area contributed by atoms with Crippen molar-refractivity contribution in [1.29, 1.82) is 0 Å². The Morgan fingerprint density at radius 3 is 2.10 bits per heavy atom. The van der Waals surface area contributed by atoms with Gasteiger partial charge in [-0.25, -0.2) is 0 Å². The van der Waals surface area contributed by atoms with Gasteiger partial charge in [0.05, 0.1) is 17.1 Å². The molecule has 10 N–H and O–H groups in total. The van der Waals surface area contributed by atoms with E-state index in [0.717, 1.165) is 11.1 Å². The van der Waals surface area contributed by atoms with Gasteiger partial charge in [-0.05, 0) is 17.5 Å². The summed E-state index contributed by atoms with van der Waals surface area (Å²) in [6.07, 6.45) is -8.45. The maximum atomic E-state index is 11.0. The van der Waals surface area contributed by atoms with Gasteiger partial charge in [0.2, 0.25) is 0 Å². The van der Waals surface area contributed by atoms with E-state index in [2.05, 4.69) is 0 Å². The van der Waals surface area contributed by atoms with Crippen LogP contribution in [0.4, 0.5) is 5.69 Å². The number of hydrogen-bond donors (Lipinski definition) is 7. The van der Waals surface area contributed by atoms with Crippen LogP contribution < -0.4 is 17.2 Å². The molecule has 10 atom stereocenters. The van der Waals surface area contributed by atoms with Crippen LogP contribution in [0.1, 0.15) is 17.5 Å². The van der Waals surface area contributed by atoms with Gasteiger partial charge in [-0.1, -0.05) is 42.5 Å². The number of benzene rings is 2. The number of non-ortho nitro benzene ring substituents is 1. The van der Waals surface area contributed by atoms with Crippen molar-refractivity contribution in [2.24, 2.45) is 17.2 Å².